The van der Waals surface area contributed by atoms with Crippen molar-refractivity contribution in [3.05, 3.63) is 0 Å². The Bertz CT molecular complexity index is 279. The molecule has 0 rings (SSSR count). The topological polar surface area (TPSA) is 78.4 Å². The maximum absolute atomic E-state index is 11.7. The predicted octanol–water partition coefficient (Wildman–Crippen LogP) is 3.05. The minimum Gasteiger partial charge on any atom is -0.384 e. The second kappa shape index (κ2) is 19.1. The van der Waals surface area contributed by atoms with Crippen LogP contribution in [0.4, 0.5) is 0 Å². The second-order valence-electron chi connectivity index (χ2n) is 5.16. The molecule has 2 unspecified atom stereocenters. The number of aliphatic hydroxyl groups excluding tert-OH is 1. The van der Waals surface area contributed by atoms with Gasteiger partial charge in [-0.05, 0) is 26.2 Å². The van der Waals surface area contributed by atoms with Crippen molar-refractivity contribution in [2.45, 2.75) is 99.3 Å². The summed E-state index contributed by atoms with van der Waals surface area (Å²) in [7, 11) is 0. The summed E-state index contributed by atoms with van der Waals surface area (Å²) >= 11 is 0. The zero-order valence-corrected chi connectivity index (χ0v) is 16.5. The molecule has 0 aromatic carbocycles. The van der Waals surface area contributed by atoms with Gasteiger partial charge in [-0.25, -0.2) is 0 Å². The van der Waals surface area contributed by atoms with Crippen LogP contribution < -0.4 is 10.6 Å². The predicted molar refractivity (Wildman–Crippen MR) is 98.6 cm³/mol. The molecule has 3 N–H and O–H groups in total. The fourth-order valence-electron chi connectivity index (χ4n) is 1.82. The molecule has 0 aliphatic rings. The van der Waals surface area contributed by atoms with Crippen molar-refractivity contribution < 1.29 is 14.7 Å². The fourth-order valence-corrected chi connectivity index (χ4v) is 1.82. The van der Waals surface area contributed by atoms with E-state index in [-0.39, 0.29) is 23.8 Å². The number of hydrogen-bond acceptors (Lipinski definition) is 4. The van der Waals surface area contributed by atoms with Crippen LogP contribution in [-0.2, 0) is 9.59 Å². The third-order valence-electron chi connectivity index (χ3n) is 2.87. The number of nitrogens with one attached hydrogen (secondary N) is 2. The Kier molecular flexibility index (Phi) is 22.4. The molecule has 5 nitrogen and oxygen atoms in total. The molecule has 0 fully saturated rings. The van der Waals surface area contributed by atoms with Crippen molar-refractivity contribution in [2.24, 2.45) is 0 Å². The zero-order chi connectivity index (χ0) is 18.8. The summed E-state index contributed by atoms with van der Waals surface area (Å²) in [6.45, 7) is 15.9. The number of aliphatic hydroxyl groups is 1. The number of carbonyl (C=O) groups is 2. The van der Waals surface area contributed by atoms with Crippen LogP contribution >= 0.6 is 0 Å². The highest BCUT2D eigenvalue weighted by Crippen LogP contribution is 2.05. The second-order valence-corrected chi connectivity index (χ2v) is 5.16. The van der Waals surface area contributed by atoms with E-state index in [2.05, 4.69) is 10.6 Å². The van der Waals surface area contributed by atoms with Gasteiger partial charge >= 0.3 is 0 Å². The molecule has 0 spiro atoms. The molecule has 0 aliphatic carbocycles. The molecular weight excluding hydrogens is 292 g/mol. The van der Waals surface area contributed by atoms with Gasteiger partial charge in [0.25, 0.3) is 0 Å². The number of ketones is 1. The highest BCUT2D eigenvalue weighted by molar-refractivity contribution is 5.83. The van der Waals surface area contributed by atoms with Gasteiger partial charge in [0.15, 0.2) is 0 Å². The monoisotopic (exact) mass is 332 g/mol. The maximum Gasteiger partial charge on any atom is 0.248 e. The van der Waals surface area contributed by atoms with Crippen molar-refractivity contribution in [3.63, 3.8) is 0 Å². The molecule has 0 heterocycles. The number of rotatable bonds is 10. The van der Waals surface area contributed by atoms with Gasteiger partial charge in [-0.15, -0.1) is 0 Å². The van der Waals surface area contributed by atoms with Crippen LogP contribution in [0.2, 0.25) is 0 Å². The lowest BCUT2D eigenvalue weighted by atomic mass is 10.0. The summed E-state index contributed by atoms with van der Waals surface area (Å²) < 4.78 is 0. The highest BCUT2D eigenvalue weighted by Gasteiger charge is 2.16. The molecule has 0 bridgehead atoms. The summed E-state index contributed by atoms with van der Waals surface area (Å²) in [4.78, 5) is 22.9. The zero-order valence-electron chi connectivity index (χ0n) is 16.5. The molecule has 2 atom stereocenters. The SMILES string of the molecule is CC.CC.CCC(=O)C(CCCCNC(=O)C(C)O)NC(C)C. The first-order valence-electron chi connectivity index (χ1n) is 9.13. The average Bonchev–Trinajstić information content (AvgIpc) is 2.55. The summed E-state index contributed by atoms with van der Waals surface area (Å²) in [5.74, 6) is -0.108. The lowest BCUT2D eigenvalue weighted by molar-refractivity contribution is -0.128. The van der Waals surface area contributed by atoms with E-state index in [4.69, 9.17) is 5.11 Å². The van der Waals surface area contributed by atoms with Gasteiger partial charge in [0.2, 0.25) is 5.91 Å². The van der Waals surface area contributed by atoms with Crippen molar-refractivity contribution in [1.82, 2.24) is 10.6 Å². The first-order valence-corrected chi connectivity index (χ1v) is 9.13. The Morgan fingerprint density at radius 3 is 1.91 bits per heavy atom. The van der Waals surface area contributed by atoms with E-state index in [9.17, 15) is 9.59 Å². The molecule has 23 heavy (non-hydrogen) atoms. The van der Waals surface area contributed by atoms with E-state index in [1.54, 1.807) is 0 Å². The highest BCUT2D eigenvalue weighted by atomic mass is 16.3. The van der Waals surface area contributed by atoms with Crippen LogP contribution in [0.1, 0.15) is 81.1 Å². The van der Waals surface area contributed by atoms with E-state index in [0.717, 1.165) is 19.3 Å². The summed E-state index contributed by atoms with van der Waals surface area (Å²) in [6.07, 6.45) is 2.05. The lowest BCUT2D eigenvalue weighted by Crippen LogP contribution is -2.40. The van der Waals surface area contributed by atoms with E-state index >= 15 is 0 Å². The Hall–Kier alpha value is -0.940. The molecule has 140 valence electrons. The third kappa shape index (κ3) is 17.2. The molecule has 5 heteroatoms. The molecule has 0 aromatic heterocycles. The minimum atomic E-state index is -0.961. The first-order chi connectivity index (χ1) is 10.9. The van der Waals surface area contributed by atoms with Gasteiger partial charge < -0.3 is 15.7 Å². The van der Waals surface area contributed by atoms with Crippen molar-refractivity contribution >= 4 is 11.7 Å². The summed E-state index contributed by atoms with van der Waals surface area (Å²) in [5, 5.41) is 14.9. The van der Waals surface area contributed by atoms with Crippen LogP contribution in [-0.4, -0.2) is 41.5 Å². The van der Waals surface area contributed by atoms with E-state index in [1.165, 1.54) is 6.92 Å². The van der Waals surface area contributed by atoms with Crippen LogP contribution in [0.15, 0.2) is 0 Å². The van der Waals surface area contributed by atoms with Gasteiger partial charge in [0, 0.05) is 19.0 Å². The standard InChI is InChI=1S/C14H28N2O3.2C2H6/c1-5-13(18)12(16-10(2)3)8-6-7-9-15-14(19)11(4)17;2*1-2/h10-12,16-17H,5-9H2,1-4H3,(H,15,19);2*1-2H3. The molecule has 0 saturated carbocycles. The molecule has 0 aromatic rings. The molecule has 0 saturated heterocycles. The van der Waals surface area contributed by atoms with Gasteiger partial charge in [-0.2, -0.15) is 0 Å². The number of Topliss-reactive ketones (excluding diaryl/α,β-unsaturated/α-hetero) is 1. The fraction of sp³-hybridized carbons (Fsp3) is 0.889. The van der Waals surface area contributed by atoms with Gasteiger partial charge in [-0.1, -0.05) is 48.5 Å². The van der Waals surface area contributed by atoms with Gasteiger partial charge in [0.1, 0.15) is 11.9 Å². The van der Waals surface area contributed by atoms with Crippen LogP contribution in [0.3, 0.4) is 0 Å². The normalized spacial score (nSPS) is 12.3. The van der Waals surface area contributed by atoms with Crippen molar-refractivity contribution in [1.29, 1.82) is 0 Å². The van der Waals surface area contributed by atoms with Crippen LogP contribution in [0, 0.1) is 0 Å². The van der Waals surface area contributed by atoms with Crippen molar-refractivity contribution in [3.8, 4) is 0 Å². The molecule has 1 amide bonds. The third-order valence-corrected chi connectivity index (χ3v) is 2.87. The molecule has 0 aliphatic heterocycles. The number of amides is 1. The van der Waals surface area contributed by atoms with Crippen LogP contribution in [0.25, 0.3) is 0 Å². The van der Waals surface area contributed by atoms with Crippen molar-refractivity contribution in [2.75, 3.05) is 6.54 Å². The Morgan fingerprint density at radius 2 is 1.52 bits per heavy atom. The summed E-state index contributed by atoms with van der Waals surface area (Å²) in [5.41, 5.74) is 0. The Morgan fingerprint density at radius 1 is 1.00 bits per heavy atom. The Balaban J connectivity index is -0.000000919. The van der Waals surface area contributed by atoms with E-state index < -0.39 is 6.10 Å². The molecular formula is C18H40N2O3. The number of unbranched alkanes of at least 4 members (excludes halogenated alkanes) is 1. The summed E-state index contributed by atoms with van der Waals surface area (Å²) in [6, 6.07) is 0.202. The quantitative estimate of drug-likeness (QED) is 0.537. The van der Waals surface area contributed by atoms with E-state index in [1.807, 2.05) is 48.5 Å². The largest absolute Gasteiger partial charge is 0.384 e. The van der Waals surface area contributed by atoms with Gasteiger partial charge in [-0.3, -0.25) is 9.59 Å². The lowest BCUT2D eigenvalue weighted by Gasteiger charge is -2.19. The number of carbonyl (C=O) groups excluding carboxylic acids is 2. The Labute approximate surface area is 143 Å². The average molecular weight is 333 g/mol. The molecule has 0 radical (unpaired) electrons. The van der Waals surface area contributed by atoms with Crippen LogP contribution in [0.5, 0.6) is 0 Å². The van der Waals surface area contributed by atoms with E-state index in [0.29, 0.717) is 13.0 Å². The number of hydrogen-bond donors (Lipinski definition) is 3. The maximum atomic E-state index is 11.7. The minimum absolute atomic E-state index is 0.0857. The smallest absolute Gasteiger partial charge is 0.248 e. The van der Waals surface area contributed by atoms with Gasteiger partial charge in [0.05, 0.1) is 6.04 Å². The first kappa shape index (κ1) is 26.9.